The van der Waals surface area contributed by atoms with E-state index in [1.807, 2.05) is 0 Å². The third-order valence-electron chi connectivity index (χ3n) is 4.74. The number of hydrogen-bond donors (Lipinski definition) is 0. The maximum Gasteiger partial charge on any atom is 0.0244 e. The molecule has 0 N–H and O–H groups in total. The van der Waals surface area contributed by atoms with Crippen molar-refractivity contribution >= 4 is 5.57 Å². The molecule has 0 spiro atoms. The lowest BCUT2D eigenvalue weighted by molar-refractivity contribution is 0.968. The average Bonchev–Trinajstić information content (AvgIpc) is 3.08. The zero-order valence-electron chi connectivity index (χ0n) is 12.5. The number of fused-ring (bicyclic) bond motifs is 2. The Bertz CT molecular complexity index is 736. The third kappa shape index (κ3) is 1.84. The van der Waals surface area contributed by atoms with Crippen LogP contribution in [0.4, 0.5) is 0 Å². The average molecular weight is 282 g/mol. The summed E-state index contributed by atoms with van der Waals surface area (Å²) in [6.45, 7) is 8.51. The van der Waals surface area contributed by atoms with E-state index in [1.165, 1.54) is 33.4 Å². The van der Waals surface area contributed by atoms with E-state index >= 15 is 0 Å². The molecule has 0 unspecified atom stereocenters. The van der Waals surface area contributed by atoms with E-state index in [-0.39, 0.29) is 0 Å². The number of hydrogen-bond acceptors (Lipinski definition) is 0. The van der Waals surface area contributed by atoms with E-state index in [4.69, 9.17) is 0 Å². The second kappa shape index (κ2) is 4.99. The summed E-state index contributed by atoms with van der Waals surface area (Å²) in [5.41, 5.74) is 7.65. The molecule has 1 fully saturated rings. The Balaban J connectivity index is 1.99. The summed E-state index contributed by atoms with van der Waals surface area (Å²) >= 11 is 0. The molecular weight excluding hydrogens is 264 g/mol. The van der Waals surface area contributed by atoms with Gasteiger partial charge in [-0.3, -0.25) is 0 Å². The van der Waals surface area contributed by atoms with Crippen molar-refractivity contribution < 1.29 is 0 Å². The molecule has 0 heterocycles. The Hall–Kier alpha value is -2.60. The lowest BCUT2D eigenvalue weighted by Crippen LogP contribution is -2.00. The van der Waals surface area contributed by atoms with E-state index in [2.05, 4.69) is 86.0 Å². The van der Waals surface area contributed by atoms with Gasteiger partial charge in [0.1, 0.15) is 0 Å². The van der Waals surface area contributed by atoms with Crippen molar-refractivity contribution in [3.63, 3.8) is 0 Å². The van der Waals surface area contributed by atoms with E-state index in [9.17, 15) is 0 Å². The van der Waals surface area contributed by atoms with Crippen LogP contribution in [-0.2, 0) is 0 Å². The van der Waals surface area contributed by atoms with Crippen molar-refractivity contribution in [3.05, 3.63) is 114 Å². The van der Waals surface area contributed by atoms with Crippen LogP contribution in [0.2, 0.25) is 0 Å². The molecule has 0 heteroatoms. The van der Waals surface area contributed by atoms with Crippen molar-refractivity contribution in [2.45, 2.75) is 0 Å². The molecular formula is C22H18. The van der Waals surface area contributed by atoms with Gasteiger partial charge in [-0.25, -0.2) is 0 Å². The molecule has 22 heavy (non-hydrogen) atoms. The molecule has 1 saturated carbocycles. The fourth-order valence-electron chi connectivity index (χ4n) is 3.65. The Kier molecular flexibility index (Phi) is 2.97. The van der Waals surface area contributed by atoms with Crippen molar-refractivity contribution in [2.75, 3.05) is 0 Å². The first kappa shape index (κ1) is 13.1. The van der Waals surface area contributed by atoms with E-state index in [0.717, 1.165) is 0 Å². The van der Waals surface area contributed by atoms with Crippen molar-refractivity contribution in [2.24, 2.45) is 11.8 Å². The zero-order valence-corrected chi connectivity index (χ0v) is 12.5. The quantitative estimate of drug-likeness (QED) is 0.645. The molecule has 0 amide bonds. The smallest absolute Gasteiger partial charge is 0.0244 e. The molecule has 2 aromatic carbocycles. The summed E-state index contributed by atoms with van der Waals surface area (Å²) in [5, 5.41) is 0. The van der Waals surface area contributed by atoms with Gasteiger partial charge in [-0.15, -0.1) is 0 Å². The summed E-state index contributed by atoms with van der Waals surface area (Å²) in [7, 11) is 0. The summed E-state index contributed by atoms with van der Waals surface area (Å²) in [6.07, 6.45) is 4.56. The van der Waals surface area contributed by atoms with Crippen LogP contribution >= 0.6 is 0 Å². The van der Waals surface area contributed by atoms with Gasteiger partial charge in [0.25, 0.3) is 0 Å². The Labute approximate surface area is 131 Å². The van der Waals surface area contributed by atoms with Crippen LogP contribution in [0, 0.1) is 11.8 Å². The Morgan fingerprint density at radius 1 is 0.636 bits per heavy atom. The van der Waals surface area contributed by atoms with Gasteiger partial charge >= 0.3 is 0 Å². The molecule has 4 rings (SSSR count). The van der Waals surface area contributed by atoms with Crippen LogP contribution < -0.4 is 0 Å². The van der Waals surface area contributed by atoms with Crippen LogP contribution in [0.15, 0.2) is 103 Å². The van der Waals surface area contributed by atoms with E-state index < -0.39 is 0 Å². The van der Waals surface area contributed by atoms with E-state index in [1.54, 1.807) is 0 Å². The third-order valence-corrected chi connectivity index (χ3v) is 4.74. The maximum atomic E-state index is 4.25. The second-order valence-electron chi connectivity index (χ2n) is 5.95. The molecule has 0 aromatic heterocycles. The predicted molar refractivity (Wildman–Crippen MR) is 93.3 cm³/mol. The highest BCUT2D eigenvalue weighted by atomic mass is 14.4. The van der Waals surface area contributed by atoms with Crippen LogP contribution in [-0.4, -0.2) is 0 Å². The van der Waals surface area contributed by atoms with Crippen LogP contribution in [0.25, 0.3) is 5.57 Å². The monoisotopic (exact) mass is 282 g/mol. The fraction of sp³-hybridized carbons (Fsp3) is 0.0909. The number of allylic oxidation sites excluding steroid dienone is 5. The highest BCUT2D eigenvalue weighted by molar-refractivity contribution is 5.86. The minimum absolute atomic E-state index is 0.313. The Morgan fingerprint density at radius 3 is 1.45 bits per heavy atom. The molecule has 0 radical (unpaired) electrons. The maximum absolute atomic E-state index is 4.25. The van der Waals surface area contributed by atoms with Crippen LogP contribution in [0.1, 0.15) is 11.1 Å². The summed E-state index contributed by atoms with van der Waals surface area (Å²) in [6, 6.07) is 21.3. The lowest BCUT2D eigenvalue weighted by atomic mass is 9.87. The molecule has 2 aromatic rings. The van der Waals surface area contributed by atoms with Gasteiger partial charge in [0.2, 0.25) is 0 Å². The van der Waals surface area contributed by atoms with Gasteiger partial charge in [-0.05, 0) is 33.4 Å². The fourth-order valence-corrected chi connectivity index (χ4v) is 3.65. The van der Waals surface area contributed by atoms with Gasteiger partial charge in [-0.1, -0.05) is 86.0 Å². The molecule has 106 valence electrons. The topological polar surface area (TPSA) is 0 Å². The number of benzene rings is 2. The first-order valence-electron chi connectivity index (χ1n) is 7.68. The van der Waals surface area contributed by atoms with Crippen LogP contribution in [0.3, 0.4) is 0 Å². The van der Waals surface area contributed by atoms with Gasteiger partial charge in [-0.2, -0.15) is 0 Å². The molecule has 2 aliphatic carbocycles. The van der Waals surface area contributed by atoms with Gasteiger partial charge in [0.15, 0.2) is 0 Å². The van der Waals surface area contributed by atoms with Crippen LogP contribution in [0.5, 0.6) is 0 Å². The molecule has 2 bridgehead atoms. The minimum atomic E-state index is 0.313. The molecule has 2 aliphatic rings. The minimum Gasteiger partial charge on any atom is -0.0946 e. The van der Waals surface area contributed by atoms with Gasteiger partial charge < -0.3 is 0 Å². The van der Waals surface area contributed by atoms with Crippen molar-refractivity contribution in [3.8, 4) is 0 Å². The largest absolute Gasteiger partial charge is 0.0946 e. The standard InChI is InChI=1S/C22H18/c1-15-16(2)20-14-13-19(15)22(20)21(17-9-5-3-6-10-17)18-11-7-4-8-12-18/h3-14,19-20H,1-2H2/t19-,20+. The molecule has 0 saturated heterocycles. The zero-order chi connectivity index (χ0) is 15.1. The normalized spacial score (nSPS) is 22.5. The predicted octanol–water partition coefficient (Wildman–Crippen LogP) is 5.42. The number of rotatable bonds is 2. The Morgan fingerprint density at radius 2 is 1.05 bits per heavy atom. The lowest BCUT2D eigenvalue weighted by Gasteiger charge is -2.16. The van der Waals surface area contributed by atoms with E-state index in [0.29, 0.717) is 11.8 Å². The molecule has 2 atom stereocenters. The summed E-state index contributed by atoms with van der Waals surface area (Å²) in [4.78, 5) is 0. The summed E-state index contributed by atoms with van der Waals surface area (Å²) in [5.74, 6) is 0.626. The first-order chi connectivity index (χ1) is 10.8. The highest BCUT2D eigenvalue weighted by Crippen LogP contribution is 2.53. The van der Waals surface area contributed by atoms with Crippen molar-refractivity contribution in [1.29, 1.82) is 0 Å². The van der Waals surface area contributed by atoms with Crippen molar-refractivity contribution in [1.82, 2.24) is 0 Å². The SMILES string of the molecule is C=C1C(=C)[C@@H]2C=C[C@H]1C2=C(c1ccccc1)c1ccccc1. The van der Waals surface area contributed by atoms with Gasteiger partial charge in [0.05, 0.1) is 0 Å². The van der Waals surface area contributed by atoms with Gasteiger partial charge in [0, 0.05) is 11.8 Å². The molecule has 0 aliphatic heterocycles. The summed E-state index contributed by atoms with van der Waals surface area (Å²) < 4.78 is 0. The second-order valence-corrected chi connectivity index (χ2v) is 5.95. The first-order valence-corrected chi connectivity index (χ1v) is 7.68. The highest BCUT2D eigenvalue weighted by Gasteiger charge is 2.40. The molecule has 0 nitrogen and oxygen atoms in total.